The second-order valence-electron chi connectivity index (χ2n) is 4.48. The van der Waals surface area contributed by atoms with Gasteiger partial charge in [0.25, 0.3) is 0 Å². The van der Waals surface area contributed by atoms with Crippen LogP contribution >= 0.6 is 0 Å². The third kappa shape index (κ3) is 4.70. The van der Waals surface area contributed by atoms with Gasteiger partial charge in [0.1, 0.15) is 5.75 Å². The molecule has 0 spiro atoms. The summed E-state index contributed by atoms with van der Waals surface area (Å²) in [5.41, 5.74) is 1.84. The summed E-state index contributed by atoms with van der Waals surface area (Å²) >= 11 is 0. The highest BCUT2D eigenvalue weighted by Crippen LogP contribution is 2.18. The van der Waals surface area contributed by atoms with E-state index >= 15 is 0 Å². The van der Waals surface area contributed by atoms with Crippen molar-refractivity contribution in [2.75, 3.05) is 20.8 Å². The van der Waals surface area contributed by atoms with Gasteiger partial charge in [0.2, 0.25) is 0 Å². The van der Waals surface area contributed by atoms with Crippen molar-refractivity contribution in [3.05, 3.63) is 41.5 Å². The number of benzene rings is 1. The van der Waals surface area contributed by atoms with Crippen LogP contribution in [-0.2, 0) is 9.53 Å². The first-order valence-corrected chi connectivity index (χ1v) is 6.77. The van der Waals surface area contributed by atoms with Gasteiger partial charge in [-0.1, -0.05) is 25.1 Å². The largest absolute Gasteiger partial charge is 0.497 e. The summed E-state index contributed by atoms with van der Waals surface area (Å²) < 4.78 is 9.93. The molecule has 0 aromatic heterocycles. The standard InChI is InChI=1S/C16H23NO3/c1-5-13(16(18)20-4)9-10-17-12(2)14-7-6-8-15(11-14)19-3/h6-9,11-12,17H,5,10H2,1-4H3/b13-9-/t12-/m1/s1. The molecule has 0 amide bonds. The molecule has 0 aliphatic heterocycles. The Morgan fingerprint density at radius 1 is 1.40 bits per heavy atom. The average Bonchev–Trinajstić information content (AvgIpc) is 2.50. The Hall–Kier alpha value is -1.81. The molecule has 0 fully saturated rings. The van der Waals surface area contributed by atoms with E-state index in [0.29, 0.717) is 18.5 Å². The third-order valence-electron chi connectivity index (χ3n) is 3.19. The van der Waals surface area contributed by atoms with Crippen LogP contribution in [0.4, 0.5) is 0 Å². The smallest absolute Gasteiger partial charge is 0.333 e. The lowest BCUT2D eigenvalue weighted by Gasteiger charge is -2.14. The highest BCUT2D eigenvalue weighted by molar-refractivity contribution is 5.88. The number of hydrogen-bond donors (Lipinski definition) is 1. The van der Waals surface area contributed by atoms with Crippen molar-refractivity contribution in [1.82, 2.24) is 5.32 Å². The monoisotopic (exact) mass is 277 g/mol. The maximum Gasteiger partial charge on any atom is 0.333 e. The lowest BCUT2D eigenvalue weighted by Crippen LogP contribution is -2.19. The fraction of sp³-hybridized carbons (Fsp3) is 0.438. The van der Waals surface area contributed by atoms with Crippen LogP contribution in [0.25, 0.3) is 0 Å². The second kappa shape index (κ2) is 8.38. The van der Waals surface area contributed by atoms with Crippen LogP contribution in [0.3, 0.4) is 0 Å². The quantitative estimate of drug-likeness (QED) is 0.615. The predicted molar refractivity (Wildman–Crippen MR) is 79.8 cm³/mol. The number of carbonyl (C=O) groups excluding carboxylic acids is 1. The number of esters is 1. The molecule has 20 heavy (non-hydrogen) atoms. The topological polar surface area (TPSA) is 47.6 Å². The van der Waals surface area contributed by atoms with Gasteiger partial charge in [-0.25, -0.2) is 4.79 Å². The van der Waals surface area contributed by atoms with Crippen molar-refractivity contribution < 1.29 is 14.3 Å². The molecule has 0 aliphatic carbocycles. The molecular formula is C16H23NO3. The molecule has 1 N–H and O–H groups in total. The second-order valence-corrected chi connectivity index (χ2v) is 4.48. The molecule has 0 saturated heterocycles. The molecule has 0 heterocycles. The van der Waals surface area contributed by atoms with Crippen LogP contribution in [-0.4, -0.2) is 26.7 Å². The SMILES string of the molecule is CC/C(=C/CN[C@H](C)c1cccc(OC)c1)C(=O)OC. The van der Waals surface area contributed by atoms with E-state index in [1.807, 2.05) is 37.3 Å². The minimum atomic E-state index is -0.261. The van der Waals surface area contributed by atoms with Crippen LogP contribution in [0, 0.1) is 0 Å². The van der Waals surface area contributed by atoms with E-state index in [-0.39, 0.29) is 12.0 Å². The van der Waals surface area contributed by atoms with Gasteiger partial charge in [-0.15, -0.1) is 0 Å². The zero-order valence-corrected chi connectivity index (χ0v) is 12.6. The van der Waals surface area contributed by atoms with Crippen molar-refractivity contribution in [1.29, 1.82) is 0 Å². The van der Waals surface area contributed by atoms with Gasteiger partial charge >= 0.3 is 5.97 Å². The molecule has 1 rings (SSSR count). The Morgan fingerprint density at radius 2 is 2.15 bits per heavy atom. The maximum absolute atomic E-state index is 11.4. The number of ether oxygens (including phenoxy) is 2. The minimum absolute atomic E-state index is 0.178. The molecule has 0 unspecified atom stereocenters. The lowest BCUT2D eigenvalue weighted by atomic mass is 10.1. The summed E-state index contributed by atoms with van der Waals surface area (Å²) in [5.74, 6) is 0.582. The molecule has 1 atom stereocenters. The molecule has 4 nitrogen and oxygen atoms in total. The molecule has 0 radical (unpaired) electrons. The van der Waals surface area contributed by atoms with Gasteiger partial charge in [-0.2, -0.15) is 0 Å². The number of rotatable bonds is 7. The van der Waals surface area contributed by atoms with E-state index in [0.717, 1.165) is 11.3 Å². The van der Waals surface area contributed by atoms with E-state index < -0.39 is 0 Å². The molecule has 1 aromatic carbocycles. The van der Waals surface area contributed by atoms with Gasteiger partial charge in [0.05, 0.1) is 14.2 Å². The summed E-state index contributed by atoms with van der Waals surface area (Å²) in [5, 5.41) is 3.35. The first-order chi connectivity index (χ1) is 9.62. The van der Waals surface area contributed by atoms with Gasteiger partial charge in [0.15, 0.2) is 0 Å². The van der Waals surface area contributed by atoms with Gasteiger partial charge < -0.3 is 14.8 Å². The van der Waals surface area contributed by atoms with E-state index in [2.05, 4.69) is 12.2 Å². The van der Waals surface area contributed by atoms with Crippen LogP contribution in [0.5, 0.6) is 5.75 Å². The molecule has 0 bridgehead atoms. The fourth-order valence-corrected chi connectivity index (χ4v) is 1.89. The highest BCUT2D eigenvalue weighted by atomic mass is 16.5. The van der Waals surface area contributed by atoms with Crippen molar-refractivity contribution in [3.63, 3.8) is 0 Å². The zero-order chi connectivity index (χ0) is 15.0. The Kier molecular flexibility index (Phi) is 6.81. The fourth-order valence-electron chi connectivity index (χ4n) is 1.89. The number of nitrogens with one attached hydrogen (secondary N) is 1. The zero-order valence-electron chi connectivity index (χ0n) is 12.6. The Bertz CT molecular complexity index is 469. The van der Waals surface area contributed by atoms with E-state index in [1.54, 1.807) is 7.11 Å². The predicted octanol–water partition coefficient (Wildman–Crippen LogP) is 2.86. The number of methoxy groups -OCH3 is 2. The van der Waals surface area contributed by atoms with Crippen molar-refractivity contribution in [3.8, 4) is 5.75 Å². The average molecular weight is 277 g/mol. The Labute approximate surface area is 120 Å². The summed E-state index contributed by atoms with van der Waals surface area (Å²) in [6.07, 6.45) is 2.55. The summed E-state index contributed by atoms with van der Waals surface area (Å²) in [6, 6.07) is 8.11. The van der Waals surface area contributed by atoms with E-state index in [9.17, 15) is 4.79 Å². The first kappa shape index (κ1) is 16.2. The van der Waals surface area contributed by atoms with E-state index in [4.69, 9.17) is 9.47 Å². The molecule has 0 aliphatic rings. The highest BCUT2D eigenvalue weighted by Gasteiger charge is 2.08. The van der Waals surface area contributed by atoms with Crippen LogP contribution in [0.15, 0.2) is 35.9 Å². The van der Waals surface area contributed by atoms with Crippen LogP contribution in [0.2, 0.25) is 0 Å². The van der Waals surface area contributed by atoms with Crippen LogP contribution < -0.4 is 10.1 Å². The van der Waals surface area contributed by atoms with Crippen LogP contribution in [0.1, 0.15) is 31.9 Å². The molecule has 1 aromatic rings. The van der Waals surface area contributed by atoms with Crippen molar-refractivity contribution in [2.45, 2.75) is 26.3 Å². The van der Waals surface area contributed by atoms with Gasteiger partial charge in [-0.05, 0) is 31.0 Å². The normalized spacial score (nSPS) is 12.9. The lowest BCUT2D eigenvalue weighted by molar-refractivity contribution is -0.136. The Balaban J connectivity index is 2.60. The van der Waals surface area contributed by atoms with Gasteiger partial charge in [-0.3, -0.25) is 0 Å². The van der Waals surface area contributed by atoms with Crippen molar-refractivity contribution in [2.24, 2.45) is 0 Å². The number of hydrogen-bond acceptors (Lipinski definition) is 4. The molecule has 110 valence electrons. The molecule has 4 heteroatoms. The Morgan fingerprint density at radius 3 is 2.75 bits per heavy atom. The number of carbonyl (C=O) groups is 1. The summed E-state index contributed by atoms with van der Waals surface area (Å²) in [7, 11) is 3.06. The summed E-state index contributed by atoms with van der Waals surface area (Å²) in [4.78, 5) is 11.4. The van der Waals surface area contributed by atoms with Crippen molar-refractivity contribution >= 4 is 5.97 Å². The molecular weight excluding hydrogens is 254 g/mol. The first-order valence-electron chi connectivity index (χ1n) is 6.77. The molecule has 0 saturated carbocycles. The van der Waals surface area contributed by atoms with E-state index in [1.165, 1.54) is 7.11 Å². The maximum atomic E-state index is 11.4. The minimum Gasteiger partial charge on any atom is -0.497 e. The third-order valence-corrected chi connectivity index (χ3v) is 3.19. The summed E-state index contributed by atoms with van der Waals surface area (Å²) in [6.45, 7) is 4.64. The van der Waals surface area contributed by atoms with Gasteiger partial charge in [0, 0.05) is 18.2 Å².